The van der Waals surface area contributed by atoms with E-state index < -0.39 is 10.8 Å². The number of carbonyl (C=O) groups excluding carboxylic acids is 1. The second-order valence-corrected chi connectivity index (χ2v) is 7.76. The molecular formula is C15H26N4O2S. The van der Waals surface area contributed by atoms with Crippen molar-refractivity contribution in [2.24, 2.45) is 7.05 Å². The average molecular weight is 326 g/mol. The molecule has 0 saturated heterocycles. The lowest BCUT2D eigenvalue weighted by atomic mass is 9.95. The molecule has 2 amide bonds. The van der Waals surface area contributed by atoms with Crippen LogP contribution in [-0.2, 0) is 24.3 Å². The van der Waals surface area contributed by atoms with Crippen LogP contribution in [0.25, 0.3) is 0 Å². The van der Waals surface area contributed by atoms with E-state index in [2.05, 4.69) is 15.7 Å². The second-order valence-electron chi connectivity index (χ2n) is 5.75. The summed E-state index contributed by atoms with van der Waals surface area (Å²) >= 11 is 0. The number of rotatable bonds is 5. The van der Waals surface area contributed by atoms with E-state index >= 15 is 0 Å². The molecule has 1 aliphatic rings. The van der Waals surface area contributed by atoms with Gasteiger partial charge in [0.05, 0.1) is 5.69 Å². The summed E-state index contributed by atoms with van der Waals surface area (Å²) in [5.74, 6) is 1.39. The molecule has 7 heteroatoms. The summed E-state index contributed by atoms with van der Waals surface area (Å²) in [6.45, 7) is 3.98. The van der Waals surface area contributed by atoms with E-state index in [-0.39, 0.29) is 17.3 Å². The maximum atomic E-state index is 12.1. The number of carbonyl (C=O) groups is 1. The third-order valence-electron chi connectivity index (χ3n) is 4.15. The Morgan fingerprint density at radius 1 is 1.45 bits per heavy atom. The van der Waals surface area contributed by atoms with Gasteiger partial charge in [-0.05, 0) is 25.7 Å². The molecule has 0 unspecified atom stereocenters. The summed E-state index contributed by atoms with van der Waals surface area (Å²) in [6, 6.07) is 1.78. The van der Waals surface area contributed by atoms with Crippen molar-refractivity contribution in [1.82, 2.24) is 15.1 Å². The largest absolute Gasteiger partial charge is 0.335 e. The van der Waals surface area contributed by atoms with E-state index in [9.17, 15) is 9.00 Å². The number of anilines is 1. The number of urea groups is 1. The number of aromatic nitrogens is 2. The third-order valence-corrected chi connectivity index (χ3v) is 5.89. The zero-order chi connectivity index (χ0) is 16.1. The zero-order valence-electron chi connectivity index (χ0n) is 13.6. The maximum absolute atomic E-state index is 12.1. The summed E-state index contributed by atoms with van der Waals surface area (Å²) in [7, 11) is 1.04. The molecule has 6 nitrogen and oxygen atoms in total. The molecule has 0 spiro atoms. The fourth-order valence-electron chi connectivity index (χ4n) is 2.90. The Labute approximate surface area is 134 Å². The minimum atomic E-state index is -0.774. The molecule has 1 aromatic rings. The van der Waals surface area contributed by atoms with Crippen molar-refractivity contribution in [3.8, 4) is 0 Å². The highest BCUT2D eigenvalue weighted by molar-refractivity contribution is 7.85. The molecule has 0 aliphatic heterocycles. The van der Waals surface area contributed by atoms with Crippen molar-refractivity contribution in [3.05, 3.63) is 11.8 Å². The molecule has 124 valence electrons. The summed E-state index contributed by atoms with van der Waals surface area (Å²) in [4.78, 5) is 12.1. The molecule has 1 aromatic heterocycles. The highest BCUT2D eigenvalue weighted by atomic mass is 32.2. The molecule has 1 fully saturated rings. The lowest BCUT2D eigenvalue weighted by molar-refractivity contribution is 0.244. The number of nitrogens with zero attached hydrogens (tertiary/aromatic N) is 2. The Kier molecular flexibility index (Phi) is 5.99. The lowest BCUT2D eigenvalue weighted by Gasteiger charge is -2.29. The molecule has 3 atom stereocenters. The maximum Gasteiger partial charge on any atom is 0.320 e. The first-order chi connectivity index (χ1) is 10.5. The fraction of sp³-hybridized carbons (Fsp3) is 0.733. The number of aryl methyl sites for hydroxylation is 2. The van der Waals surface area contributed by atoms with E-state index in [4.69, 9.17) is 0 Å². The Morgan fingerprint density at radius 2 is 2.23 bits per heavy atom. The summed E-state index contributed by atoms with van der Waals surface area (Å²) in [5.41, 5.74) is 0.953. The predicted octanol–water partition coefficient (Wildman–Crippen LogP) is 2.18. The number of hydrogen-bond donors (Lipinski definition) is 2. The van der Waals surface area contributed by atoms with Gasteiger partial charge in [0.2, 0.25) is 0 Å². The number of amides is 2. The van der Waals surface area contributed by atoms with Gasteiger partial charge in [-0.3, -0.25) is 14.2 Å². The fourth-order valence-corrected chi connectivity index (χ4v) is 4.25. The van der Waals surface area contributed by atoms with E-state index in [1.54, 1.807) is 4.68 Å². The molecule has 1 heterocycles. The van der Waals surface area contributed by atoms with Crippen LogP contribution in [0.5, 0.6) is 0 Å². The van der Waals surface area contributed by atoms with E-state index in [1.807, 2.05) is 27.0 Å². The van der Waals surface area contributed by atoms with Gasteiger partial charge in [-0.25, -0.2) is 4.79 Å². The van der Waals surface area contributed by atoms with Gasteiger partial charge in [-0.15, -0.1) is 0 Å². The molecule has 2 N–H and O–H groups in total. The van der Waals surface area contributed by atoms with Gasteiger partial charge < -0.3 is 5.32 Å². The van der Waals surface area contributed by atoms with Gasteiger partial charge in [0.1, 0.15) is 5.82 Å². The standard InChI is InChI=1S/C15H26N4O2S/c1-4-11-10-14(19(3)18-11)17-15(20)16-12-7-6-8-13(9-12)22(21)5-2/h10,12-13H,4-9H2,1-3H3,(H2,16,17,20)/t12-,13+,22+/m1/s1. The third kappa shape index (κ3) is 4.32. The van der Waals surface area contributed by atoms with Crippen LogP contribution in [0.1, 0.15) is 45.2 Å². The Hall–Kier alpha value is -1.37. The normalized spacial score (nSPS) is 23.0. The second kappa shape index (κ2) is 7.76. The highest BCUT2D eigenvalue weighted by Gasteiger charge is 2.26. The van der Waals surface area contributed by atoms with Crippen molar-refractivity contribution < 1.29 is 9.00 Å². The molecule has 1 saturated carbocycles. The number of hydrogen-bond acceptors (Lipinski definition) is 3. The van der Waals surface area contributed by atoms with E-state index in [1.165, 1.54) is 0 Å². The SMILES string of the molecule is CCc1cc(NC(=O)N[C@@H]2CCC[C@H]([S@@](=O)CC)C2)n(C)n1. The molecule has 2 rings (SSSR count). The minimum Gasteiger partial charge on any atom is -0.335 e. The van der Waals surface area contributed by atoms with Crippen molar-refractivity contribution in [2.75, 3.05) is 11.1 Å². The topological polar surface area (TPSA) is 76.0 Å². The molecule has 0 radical (unpaired) electrons. The smallest absolute Gasteiger partial charge is 0.320 e. The molecule has 0 aromatic carbocycles. The molecule has 1 aliphatic carbocycles. The van der Waals surface area contributed by atoms with Crippen LogP contribution in [0.2, 0.25) is 0 Å². The first-order valence-electron chi connectivity index (χ1n) is 8.01. The van der Waals surface area contributed by atoms with Gasteiger partial charge in [0.15, 0.2) is 0 Å². The quantitative estimate of drug-likeness (QED) is 0.871. The predicted molar refractivity (Wildman–Crippen MR) is 89.5 cm³/mol. The van der Waals surface area contributed by atoms with Crippen molar-refractivity contribution in [2.45, 2.75) is 57.2 Å². The van der Waals surface area contributed by atoms with Gasteiger partial charge in [-0.1, -0.05) is 20.3 Å². The minimum absolute atomic E-state index is 0.105. The zero-order valence-corrected chi connectivity index (χ0v) is 14.4. The molecule has 0 bridgehead atoms. The van der Waals surface area contributed by atoms with Crippen LogP contribution in [0.15, 0.2) is 6.07 Å². The Bertz CT molecular complexity index is 544. The van der Waals surface area contributed by atoms with E-state index in [0.717, 1.165) is 37.8 Å². The van der Waals surface area contributed by atoms with Gasteiger partial charge in [0, 0.05) is 41.0 Å². The Morgan fingerprint density at radius 3 is 2.86 bits per heavy atom. The van der Waals surface area contributed by atoms with Crippen LogP contribution < -0.4 is 10.6 Å². The van der Waals surface area contributed by atoms with Crippen LogP contribution in [0.4, 0.5) is 10.6 Å². The summed E-state index contributed by atoms with van der Waals surface area (Å²) < 4.78 is 13.6. The van der Waals surface area contributed by atoms with Crippen molar-refractivity contribution in [1.29, 1.82) is 0 Å². The summed E-state index contributed by atoms with van der Waals surface area (Å²) in [5, 5.41) is 10.4. The van der Waals surface area contributed by atoms with Crippen molar-refractivity contribution in [3.63, 3.8) is 0 Å². The van der Waals surface area contributed by atoms with E-state index in [0.29, 0.717) is 11.6 Å². The van der Waals surface area contributed by atoms with Crippen LogP contribution >= 0.6 is 0 Å². The monoisotopic (exact) mass is 326 g/mol. The van der Waals surface area contributed by atoms with Crippen LogP contribution in [0, 0.1) is 0 Å². The highest BCUT2D eigenvalue weighted by Crippen LogP contribution is 2.23. The molecular weight excluding hydrogens is 300 g/mol. The average Bonchev–Trinajstić information content (AvgIpc) is 2.86. The van der Waals surface area contributed by atoms with Crippen LogP contribution in [-0.4, -0.2) is 37.1 Å². The lowest BCUT2D eigenvalue weighted by Crippen LogP contribution is -2.43. The summed E-state index contributed by atoms with van der Waals surface area (Å²) in [6.07, 6.45) is 4.62. The first kappa shape index (κ1) is 17.0. The van der Waals surface area contributed by atoms with Gasteiger partial charge >= 0.3 is 6.03 Å². The number of nitrogens with one attached hydrogen (secondary N) is 2. The Balaban J connectivity index is 1.88. The molecule has 22 heavy (non-hydrogen) atoms. The van der Waals surface area contributed by atoms with Gasteiger partial charge in [-0.2, -0.15) is 5.10 Å². The van der Waals surface area contributed by atoms with Crippen LogP contribution in [0.3, 0.4) is 0 Å². The van der Waals surface area contributed by atoms with Gasteiger partial charge in [0.25, 0.3) is 0 Å². The first-order valence-corrected chi connectivity index (χ1v) is 9.39. The van der Waals surface area contributed by atoms with Crippen molar-refractivity contribution >= 4 is 22.6 Å².